The molecule has 4 aliphatic rings. The number of carbonyl (C=O) groups is 4. The summed E-state index contributed by atoms with van der Waals surface area (Å²) in [5.41, 5.74) is 2.26. The van der Waals surface area contributed by atoms with Crippen molar-refractivity contribution in [2.75, 3.05) is 0 Å². The summed E-state index contributed by atoms with van der Waals surface area (Å²) in [5.74, 6) is -0.828. The van der Waals surface area contributed by atoms with Gasteiger partial charge in [-0.15, -0.1) is 23.5 Å². The zero-order chi connectivity index (χ0) is 30.3. The molecule has 8 rings (SSSR count). The molecule has 2 N–H and O–H groups in total. The molecule has 44 heavy (non-hydrogen) atoms. The Kier molecular flexibility index (Phi) is 7.42. The molecule has 6 atom stereocenters. The molecule has 4 fully saturated rings. The maximum Gasteiger partial charge on any atom is 0.244 e. The number of imide groups is 2. The average molecular weight is 619 g/mol. The topological polar surface area (TPSA) is 92.3 Å². The summed E-state index contributed by atoms with van der Waals surface area (Å²) in [6, 6.07) is 39.8. The first-order valence-electron chi connectivity index (χ1n) is 14.7. The minimum absolute atomic E-state index is 0.0790. The van der Waals surface area contributed by atoms with Gasteiger partial charge in [-0.3, -0.25) is 29.8 Å². The molecule has 4 amide bonds. The van der Waals surface area contributed by atoms with Gasteiger partial charge >= 0.3 is 0 Å². The van der Waals surface area contributed by atoms with Gasteiger partial charge in [0, 0.05) is 21.6 Å². The van der Waals surface area contributed by atoms with Crippen molar-refractivity contribution in [3.8, 4) is 0 Å². The largest absolute Gasteiger partial charge is 0.295 e. The molecule has 2 aliphatic carbocycles. The van der Waals surface area contributed by atoms with E-state index in [-0.39, 0.29) is 47.3 Å². The molecule has 2 heterocycles. The standard InChI is InChI=1S/2C18H15NO2S/c2*20-16-15-11-14(12-7-3-1-4-8-12)18(15,17(21)19-16)22-13-9-5-2-6-10-13/h2*1-10,14-15H,11H2,(H,19,20,21)/t2*14?,15-,18+/m11/s1. The van der Waals surface area contributed by atoms with Gasteiger partial charge < -0.3 is 0 Å². The van der Waals surface area contributed by atoms with Gasteiger partial charge in [0.25, 0.3) is 0 Å². The fraction of sp³-hybridized carbons (Fsp3) is 0.222. The van der Waals surface area contributed by atoms with Crippen LogP contribution in [0.25, 0.3) is 0 Å². The molecule has 0 radical (unpaired) electrons. The van der Waals surface area contributed by atoms with E-state index < -0.39 is 9.49 Å². The van der Waals surface area contributed by atoms with Crippen LogP contribution < -0.4 is 10.6 Å². The average Bonchev–Trinajstić information content (AvgIpc) is 3.32. The Bertz CT molecular complexity index is 1590. The van der Waals surface area contributed by atoms with Crippen LogP contribution in [0.4, 0.5) is 0 Å². The zero-order valence-corrected chi connectivity index (χ0v) is 25.4. The number of nitrogens with one attached hydrogen (secondary N) is 2. The third-order valence-corrected chi connectivity index (χ3v) is 12.5. The van der Waals surface area contributed by atoms with Gasteiger partial charge in [-0.2, -0.15) is 0 Å². The highest BCUT2D eigenvalue weighted by molar-refractivity contribution is 8.02. The monoisotopic (exact) mass is 618 g/mol. The molecule has 4 aromatic rings. The van der Waals surface area contributed by atoms with Gasteiger partial charge in [-0.25, -0.2) is 0 Å². The van der Waals surface area contributed by atoms with Crippen LogP contribution in [0.5, 0.6) is 0 Å². The first-order chi connectivity index (χ1) is 21.4. The molecule has 4 aromatic carbocycles. The second-order valence-electron chi connectivity index (χ2n) is 11.6. The van der Waals surface area contributed by atoms with E-state index in [1.165, 1.54) is 23.5 Å². The van der Waals surface area contributed by atoms with E-state index in [9.17, 15) is 19.2 Å². The fourth-order valence-electron chi connectivity index (χ4n) is 7.05. The van der Waals surface area contributed by atoms with E-state index in [0.29, 0.717) is 0 Å². The molecule has 0 bridgehead atoms. The maximum absolute atomic E-state index is 12.6. The van der Waals surface area contributed by atoms with Crippen molar-refractivity contribution in [1.29, 1.82) is 0 Å². The van der Waals surface area contributed by atoms with Crippen molar-refractivity contribution < 1.29 is 19.2 Å². The number of carbonyl (C=O) groups excluding carboxylic acids is 4. The lowest BCUT2D eigenvalue weighted by Crippen LogP contribution is -2.54. The third kappa shape index (κ3) is 4.59. The minimum Gasteiger partial charge on any atom is -0.295 e. The lowest BCUT2D eigenvalue weighted by atomic mass is 9.62. The van der Waals surface area contributed by atoms with E-state index in [1.807, 2.05) is 121 Å². The minimum atomic E-state index is -0.695. The summed E-state index contributed by atoms with van der Waals surface area (Å²) in [7, 11) is 0. The first kappa shape index (κ1) is 28.6. The Morgan fingerprint density at radius 3 is 1.09 bits per heavy atom. The van der Waals surface area contributed by atoms with Crippen LogP contribution in [0.15, 0.2) is 131 Å². The Morgan fingerprint density at radius 2 is 0.773 bits per heavy atom. The number of hydrogen-bond acceptors (Lipinski definition) is 6. The van der Waals surface area contributed by atoms with E-state index >= 15 is 0 Å². The highest BCUT2D eigenvalue weighted by Crippen LogP contribution is 2.63. The van der Waals surface area contributed by atoms with Crippen LogP contribution >= 0.6 is 23.5 Å². The number of thioether (sulfide) groups is 2. The van der Waals surface area contributed by atoms with Crippen molar-refractivity contribution in [1.82, 2.24) is 10.6 Å². The molecule has 2 saturated heterocycles. The molecular weight excluding hydrogens is 589 g/mol. The number of benzene rings is 4. The molecule has 2 unspecified atom stereocenters. The Hall–Kier alpha value is -4.14. The van der Waals surface area contributed by atoms with Crippen LogP contribution in [0.1, 0.15) is 35.8 Å². The third-order valence-electron chi connectivity index (χ3n) is 9.29. The zero-order valence-electron chi connectivity index (χ0n) is 23.7. The first-order valence-corrected chi connectivity index (χ1v) is 16.4. The smallest absolute Gasteiger partial charge is 0.244 e. The summed E-state index contributed by atoms with van der Waals surface area (Å²) < 4.78 is -1.39. The molecule has 6 nitrogen and oxygen atoms in total. The van der Waals surface area contributed by atoms with Gasteiger partial charge in [0.1, 0.15) is 9.49 Å². The summed E-state index contributed by atoms with van der Waals surface area (Å²) in [6.45, 7) is 0. The van der Waals surface area contributed by atoms with Gasteiger partial charge in [-0.1, -0.05) is 97.1 Å². The Morgan fingerprint density at radius 1 is 0.455 bits per heavy atom. The summed E-state index contributed by atoms with van der Waals surface area (Å²) in [5, 5.41) is 5.08. The van der Waals surface area contributed by atoms with Crippen LogP contribution in [0.3, 0.4) is 0 Å². The summed E-state index contributed by atoms with van der Waals surface area (Å²) in [4.78, 5) is 51.4. The predicted octanol–water partition coefficient (Wildman–Crippen LogP) is 5.96. The van der Waals surface area contributed by atoms with Gasteiger partial charge in [-0.05, 0) is 48.2 Å². The van der Waals surface area contributed by atoms with E-state index in [1.54, 1.807) is 0 Å². The number of fused-ring (bicyclic) bond motifs is 2. The molecule has 0 spiro atoms. The van der Waals surface area contributed by atoms with Gasteiger partial charge in [0.2, 0.25) is 23.6 Å². The van der Waals surface area contributed by atoms with Crippen molar-refractivity contribution in [2.45, 2.75) is 44.0 Å². The van der Waals surface area contributed by atoms with Crippen LogP contribution in [0.2, 0.25) is 0 Å². The number of rotatable bonds is 6. The molecule has 220 valence electrons. The highest BCUT2D eigenvalue weighted by Gasteiger charge is 2.69. The van der Waals surface area contributed by atoms with Crippen molar-refractivity contribution >= 4 is 47.2 Å². The van der Waals surface area contributed by atoms with Crippen molar-refractivity contribution in [3.63, 3.8) is 0 Å². The quantitative estimate of drug-likeness (QED) is 0.260. The van der Waals surface area contributed by atoms with E-state index in [2.05, 4.69) is 10.6 Å². The second-order valence-corrected chi connectivity index (χ2v) is 14.3. The lowest BCUT2D eigenvalue weighted by Gasteiger charge is -2.48. The number of amides is 4. The van der Waals surface area contributed by atoms with E-state index in [0.717, 1.165) is 33.8 Å². The summed E-state index contributed by atoms with van der Waals surface area (Å²) >= 11 is 3.06. The van der Waals surface area contributed by atoms with Crippen LogP contribution in [-0.4, -0.2) is 33.1 Å². The fourth-order valence-corrected chi connectivity index (χ4v) is 10.1. The predicted molar refractivity (Wildman–Crippen MR) is 171 cm³/mol. The molecule has 0 aromatic heterocycles. The van der Waals surface area contributed by atoms with Gasteiger partial charge in [0.05, 0.1) is 11.8 Å². The molecule has 8 heteroatoms. The molecule has 2 saturated carbocycles. The maximum atomic E-state index is 12.6. The lowest BCUT2D eigenvalue weighted by molar-refractivity contribution is -0.127. The molecule has 2 aliphatic heterocycles. The van der Waals surface area contributed by atoms with Crippen LogP contribution in [-0.2, 0) is 19.2 Å². The SMILES string of the molecule is O=C1NC(=O)[C@]2(Sc3ccccc3)C(c3ccccc3)C[C@H]12.O=C1NC(=O)[C@]2(Sc3ccccc3)C(c3ccccc3)C[C@H]12. The summed E-state index contributed by atoms with van der Waals surface area (Å²) in [6.07, 6.45) is 1.48. The number of hydrogen-bond donors (Lipinski definition) is 2. The van der Waals surface area contributed by atoms with Gasteiger partial charge in [0.15, 0.2) is 0 Å². The highest BCUT2D eigenvalue weighted by atomic mass is 32.2. The van der Waals surface area contributed by atoms with Crippen molar-refractivity contribution in [3.05, 3.63) is 132 Å². The van der Waals surface area contributed by atoms with Crippen molar-refractivity contribution in [2.24, 2.45) is 11.8 Å². The molecular formula is C36H30N2O4S2. The van der Waals surface area contributed by atoms with E-state index in [4.69, 9.17) is 0 Å². The van der Waals surface area contributed by atoms with Crippen LogP contribution in [0, 0.1) is 11.8 Å². The Balaban J connectivity index is 0.000000142. The Labute approximate surface area is 264 Å². The normalized spacial score (nSPS) is 29.6. The second kappa shape index (κ2) is 11.4.